The standard InChI is InChI=1S/C13H27N3O2S/c1-13(2,19(3,17)18)10-15-12(14)16-11-8-6-4-5-7-9-11/h11H,4-10H2,1-3H3,(H3,14,15,16). The average Bonchev–Trinajstić information content (AvgIpc) is 2.53. The first-order valence-electron chi connectivity index (χ1n) is 6.98. The fourth-order valence-corrected chi connectivity index (χ4v) is 2.37. The Bertz CT molecular complexity index is 408. The normalized spacial score (nSPS) is 20.1. The highest BCUT2D eigenvalue weighted by molar-refractivity contribution is 7.92. The van der Waals surface area contributed by atoms with Crippen molar-refractivity contribution in [3.8, 4) is 0 Å². The summed E-state index contributed by atoms with van der Waals surface area (Å²) in [5.74, 6) is 0.364. The molecule has 0 aromatic heterocycles. The van der Waals surface area contributed by atoms with E-state index in [9.17, 15) is 8.42 Å². The second kappa shape index (κ2) is 6.59. The maximum atomic E-state index is 11.6. The molecule has 1 saturated carbocycles. The molecular formula is C13H27N3O2S. The third kappa shape index (κ3) is 5.38. The molecule has 112 valence electrons. The summed E-state index contributed by atoms with van der Waals surface area (Å²) >= 11 is 0. The zero-order valence-electron chi connectivity index (χ0n) is 12.3. The average molecular weight is 289 g/mol. The van der Waals surface area contributed by atoms with E-state index in [1.807, 2.05) is 0 Å². The fourth-order valence-electron chi connectivity index (χ4n) is 2.07. The van der Waals surface area contributed by atoms with Crippen molar-refractivity contribution in [1.29, 1.82) is 0 Å². The Hall–Kier alpha value is -0.780. The molecule has 3 N–H and O–H groups in total. The molecule has 0 radical (unpaired) electrons. The van der Waals surface area contributed by atoms with Crippen molar-refractivity contribution in [3.63, 3.8) is 0 Å². The third-order valence-electron chi connectivity index (χ3n) is 3.84. The lowest BCUT2D eigenvalue weighted by molar-refractivity contribution is 0.527. The van der Waals surface area contributed by atoms with Crippen LogP contribution >= 0.6 is 0 Å². The number of hydrogen-bond donors (Lipinski definition) is 2. The number of rotatable bonds is 4. The number of nitrogens with zero attached hydrogens (tertiary/aromatic N) is 1. The number of nitrogens with one attached hydrogen (secondary N) is 1. The Morgan fingerprint density at radius 2 is 1.79 bits per heavy atom. The van der Waals surface area contributed by atoms with Crippen molar-refractivity contribution < 1.29 is 8.42 Å². The number of aliphatic imine (C=N–C) groups is 1. The molecule has 0 aromatic carbocycles. The smallest absolute Gasteiger partial charge is 0.188 e. The second-order valence-electron chi connectivity index (χ2n) is 6.07. The van der Waals surface area contributed by atoms with E-state index in [2.05, 4.69) is 10.3 Å². The van der Waals surface area contributed by atoms with Crippen LogP contribution in [0.2, 0.25) is 0 Å². The highest BCUT2D eigenvalue weighted by atomic mass is 32.2. The molecule has 1 rings (SSSR count). The number of guanidine groups is 1. The highest BCUT2D eigenvalue weighted by Crippen LogP contribution is 2.17. The van der Waals surface area contributed by atoms with E-state index in [-0.39, 0.29) is 6.54 Å². The lowest BCUT2D eigenvalue weighted by atomic mass is 10.1. The fraction of sp³-hybridized carbons (Fsp3) is 0.923. The third-order valence-corrected chi connectivity index (χ3v) is 5.98. The van der Waals surface area contributed by atoms with E-state index >= 15 is 0 Å². The first-order chi connectivity index (χ1) is 8.72. The molecule has 0 atom stereocenters. The Labute approximate surface area is 117 Å². The minimum absolute atomic E-state index is 0.192. The van der Waals surface area contributed by atoms with Gasteiger partial charge in [0.1, 0.15) is 0 Å². The van der Waals surface area contributed by atoms with Gasteiger partial charge in [0.05, 0.1) is 11.3 Å². The maximum Gasteiger partial charge on any atom is 0.188 e. The lowest BCUT2D eigenvalue weighted by Gasteiger charge is -2.21. The molecule has 0 bridgehead atoms. The second-order valence-corrected chi connectivity index (χ2v) is 8.72. The molecule has 0 aromatic rings. The van der Waals surface area contributed by atoms with Gasteiger partial charge in [-0.2, -0.15) is 0 Å². The van der Waals surface area contributed by atoms with E-state index in [0.717, 1.165) is 12.8 Å². The van der Waals surface area contributed by atoms with Crippen molar-refractivity contribution in [1.82, 2.24) is 5.32 Å². The minimum atomic E-state index is -3.13. The number of nitrogens with two attached hydrogens (primary N) is 1. The molecule has 0 unspecified atom stereocenters. The van der Waals surface area contributed by atoms with Crippen molar-refractivity contribution in [2.75, 3.05) is 12.8 Å². The molecule has 0 heterocycles. The van der Waals surface area contributed by atoms with E-state index < -0.39 is 14.6 Å². The molecule has 0 spiro atoms. The quantitative estimate of drug-likeness (QED) is 0.466. The van der Waals surface area contributed by atoms with Crippen LogP contribution in [0, 0.1) is 0 Å². The first kappa shape index (κ1) is 16.3. The van der Waals surface area contributed by atoms with E-state index in [1.54, 1.807) is 13.8 Å². The maximum absolute atomic E-state index is 11.6. The Morgan fingerprint density at radius 3 is 2.26 bits per heavy atom. The van der Waals surface area contributed by atoms with Crippen molar-refractivity contribution in [2.24, 2.45) is 10.7 Å². The molecule has 0 amide bonds. The summed E-state index contributed by atoms with van der Waals surface area (Å²) in [4.78, 5) is 4.19. The first-order valence-corrected chi connectivity index (χ1v) is 8.87. The molecular weight excluding hydrogens is 262 g/mol. The van der Waals surface area contributed by atoms with Gasteiger partial charge in [0.25, 0.3) is 0 Å². The minimum Gasteiger partial charge on any atom is -0.370 e. The molecule has 19 heavy (non-hydrogen) atoms. The molecule has 1 aliphatic rings. The van der Waals surface area contributed by atoms with Crippen LogP contribution in [0.5, 0.6) is 0 Å². The SMILES string of the molecule is CC(C)(CN=C(N)NC1CCCCCC1)S(C)(=O)=O. The van der Waals surface area contributed by atoms with Gasteiger partial charge in [-0.05, 0) is 26.7 Å². The molecule has 0 saturated heterocycles. The van der Waals surface area contributed by atoms with Crippen molar-refractivity contribution >= 4 is 15.8 Å². The Balaban J connectivity index is 2.53. The van der Waals surface area contributed by atoms with Gasteiger partial charge in [-0.3, -0.25) is 4.99 Å². The zero-order valence-corrected chi connectivity index (χ0v) is 13.1. The largest absolute Gasteiger partial charge is 0.370 e. The Kier molecular flexibility index (Phi) is 5.64. The summed E-state index contributed by atoms with van der Waals surface area (Å²) < 4.78 is 22.3. The van der Waals surface area contributed by atoms with Gasteiger partial charge in [-0.1, -0.05) is 25.7 Å². The van der Waals surface area contributed by atoms with E-state index in [0.29, 0.717) is 12.0 Å². The molecule has 1 fully saturated rings. The lowest BCUT2D eigenvalue weighted by Crippen LogP contribution is -2.42. The van der Waals surface area contributed by atoms with Gasteiger partial charge in [0.15, 0.2) is 15.8 Å². The van der Waals surface area contributed by atoms with Crippen LogP contribution in [-0.2, 0) is 9.84 Å². The van der Waals surface area contributed by atoms with Gasteiger partial charge in [-0.15, -0.1) is 0 Å². The monoisotopic (exact) mass is 289 g/mol. The Morgan fingerprint density at radius 1 is 1.26 bits per heavy atom. The van der Waals surface area contributed by atoms with Crippen molar-refractivity contribution in [3.05, 3.63) is 0 Å². The predicted molar refractivity (Wildman–Crippen MR) is 80.0 cm³/mol. The molecule has 5 nitrogen and oxygen atoms in total. The zero-order chi connectivity index (χ0) is 14.5. The summed E-state index contributed by atoms with van der Waals surface area (Å²) in [5.41, 5.74) is 5.85. The van der Waals surface area contributed by atoms with Crippen LogP contribution in [0.25, 0.3) is 0 Å². The predicted octanol–water partition coefficient (Wildman–Crippen LogP) is 1.44. The van der Waals surface area contributed by atoms with Crippen LogP contribution < -0.4 is 11.1 Å². The number of sulfone groups is 1. The summed E-state index contributed by atoms with van der Waals surface area (Å²) in [5, 5.41) is 3.22. The van der Waals surface area contributed by atoms with Gasteiger partial charge < -0.3 is 11.1 Å². The van der Waals surface area contributed by atoms with Crippen LogP contribution in [0.4, 0.5) is 0 Å². The van der Waals surface area contributed by atoms with Gasteiger partial charge >= 0.3 is 0 Å². The summed E-state index contributed by atoms with van der Waals surface area (Å²) in [6.07, 6.45) is 8.49. The highest BCUT2D eigenvalue weighted by Gasteiger charge is 2.29. The summed E-state index contributed by atoms with van der Waals surface area (Å²) in [6.45, 7) is 3.53. The van der Waals surface area contributed by atoms with Crippen LogP contribution in [-0.4, -0.2) is 38.0 Å². The molecule has 0 aliphatic heterocycles. The van der Waals surface area contributed by atoms with Crippen LogP contribution in [0.15, 0.2) is 4.99 Å². The summed E-state index contributed by atoms with van der Waals surface area (Å²) in [7, 11) is -3.13. The van der Waals surface area contributed by atoms with E-state index in [4.69, 9.17) is 5.73 Å². The molecule has 1 aliphatic carbocycles. The van der Waals surface area contributed by atoms with Crippen LogP contribution in [0.1, 0.15) is 52.4 Å². The van der Waals surface area contributed by atoms with Gasteiger partial charge in [0, 0.05) is 12.3 Å². The topological polar surface area (TPSA) is 84.5 Å². The number of hydrogen-bond acceptors (Lipinski definition) is 3. The van der Waals surface area contributed by atoms with Crippen molar-refractivity contribution in [2.45, 2.75) is 63.2 Å². The van der Waals surface area contributed by atoms with E-state index in [1.165, 1.54) is 31.9 Å². The van der Waals surface area contributed by atoms with Gasteiger partial charge in [-0.25, -0.2) is 8.42 Å². The molecule has 6 heteroatoms. The van der Waals surface area contributed by atoms with Crippen LogP contribution in [0.3, 0.4) is 0 Å². The summed E-state index contributed by atoms with van der Waals surface area (Å²) in [6, 6.07) is 0.382. The van der Waals surface area contributed by atoms with Gasteiger partial charge in [0.2, 0.25) is 0 Å².